The van der Waals surface area contributed by atoms with Gasteiger partial charge in [-0.3, -0.25) is 35.9 Å². The Bertz CT molecular complexity index is 946. The van der Waals surface area contributed by atoms with E-state index < -0.39 is 16.7 Å². The van der Waals surface area contributed by atoms with Crippen molar-refractivity contribution in [2.24, 2.45) is 0 Å². The summed E-state index contributed by atoms with van der Waals surface area (Å²) in [4.78, 5) is 34.0. The Morgan fingerprint density at radius 1 is 1.17 bits per heavy atom. The zero-order chi connectivity index (χ0) is 21.6. The smallest absolute Gasteiger partial charge is 0.269 e. The van der Waals surface area contributed by atoms with Crippen LogP contribution in [0.1, 0.15) is 15.9 Å². The molecule has 0 fully saturated rings. The zero-order valence-electron chi connectivity index (χ0n) is 14.8. The SMILES string of the molecule is Cc1cc(Br)cc(Br)c1OCC(=O)NC(=S)NNC(=O)c1ccc([N+](=O)[O-])cc1. The van der Waals surface area contributed by atoms with E-state index in [0.717, 1.165) is 10.0 Å². The van der Waals surface area contributed by atoms with E-state index in [2.05, 4.69) is 48.0 Å². The molecule has 2 rings (SSSR count). The summed E-state index contributed by atoms with van der Waals surface area (Å²) in [6.07, 6.45) is 0. The van der Waals surface area contributed by atoms with Crippen LogP contribution in [0.4, 0.5) is 5.69 Å². The average Bonchev–Trinajstić information content (AvgIpc) is 2.65. The van der Waals surface area contributed by atoms with Crippen molar-refractivity contribution < 1.29 is 19.2 Å². The average molecular weight is 546 g/mol. The lowest BCUT2D eigenvalue weighted by Crippen LogP contribution is -2.49. The fourth-order valence-electron chi connectivity index (χ4n) is 2.12. The van der Waals surface area contributed by atoms with Crippen molar-refractivity contribution in [3.8, 4) is 5.75 Å². The summed E-state index contributed by atoms with van der Waals surface area (Å²) in [6, 6.07) is 8.63. The molecular weight excluding hydrogens is 532 g/mol. The molecule has 12 heteroatoms. The van der Waals surface area contributed by atoms with E-state index in [1.165, 1.54) is 24.3 Å². The highest BCUT2D eigenvalue weighted by Gasteiger charge is 2.12. The summed E-state index contributed by atoms with van der Waals surface area (Å²) < 4.78 is 7.06. The van der Waals surface area contributed by atoms with Gasteiger partial charge in [0.2, 0.25) is 0 Å². The molecule has 0 heterocycles. The molecule has 3 N–H and O–H groups in total. The Labute approximate surface area is 187 Å². The fraction of sp³-hybridized carbons (Fsp3) is 0.118. The van der Waals surface area contributed by atoms with Gasteiger partial charge in [0.05, 0.1) is 9.40 Å². The molecule has 0 radical (unpaired) electrons. The quantitative estimate of drug-likeness (QED) is 0.299. The minimum Gasteiger partial charge on any atom is -0.482 e. The molecule has 0 saturated heterocycles. The number of amides is 2. The second kappa shape index (κ2) is 10.3. The van der Waals surface area contributed by atoms with Crippen LogP contribution in [-0.4, -0.2) is 28.5 Å². The van der Waals surface area contributed by atoms with Crippen LogP contribution in [0, 0.1) is 17.0 Å². The van der Waals surface area contributed by atoms with Crippen LogP contribution in [0.2, 0.25) is 0 Å². The first kappa shape index (κ1) is 22.7. The van der Waals surface area contributed by atoms with Gasteiger partial charge in [-0.1, -0.05) is 15.9 Å². The van der Waals surface area contributed by atoms with Gasteiger partial charge in [0.25, 0.3) is 17.5 Å². The number of hydrogen-bond donors (Lipinski definition) is 3. The molecular formula is C17H14Br2N4O5S. The van der Waals surface area contributed by atoms with Gasteiger partial charge in [0.15, 0.2) is 11.7 Å². The number of benzene rings is 2. The van der Waals surface area contributed by atoms with Crippen molar-refractivity contribution >= 4 is 66.7 Å². The van der Waals surface area contributed by atoms with E-state index >= 15 is 0 Å². The topological polar surface area (TPSA) is 123 Å². The maximum Gasteiger partial charge on any atom is 0.269 e. The van der Waals surface area contributed by atoms with Crippen molar-refractivity contribution in [3.05, 3.63) is 66.6 Å². The molecule has 29 heavy (non-hydrogen) atoms. The van der Waals surface area contributed by atoms with E-state index in [-0.39, 0.29) is 23.0 Å². The van der Waals surface area contributed by atoms with Crippen molar-refractivity contribution in [3.63, 3.8) is 0 Å². The molecule has 0 aliphatic heterocycles. The number of halogens is 2. The summed E-state index contributed by atoms with van der Waals surface area (Å²) in [7, 11) is 0. The van der Waals surface area contributed by atoms with Crippen molar-refractivity contribution in [2.75, 3.05) is 6.61 Å². The summed E-state index contributed by atoms with van der Waals surface area (Å²) in [5.74, 6) is -0.586. The predicted molar refractivity (Wildman–Crippen MR) is 117 cm³/mol. The van der Waals surface area contributed by atoms with Gasteiger partial charge < -0.3 is 4.74 Å². The number of nitrogens with zero attached hydrogens (tertiary/aromatic N) is 1. The first-order valence-electron chi connectivity index (χ1n) is 7.90. The molecule has 0 spiro atoms. The largest absolute Gasteiger partial charge is 0.482 e. The molecule has 2 amide bonds. The van der Waals surface area contributed by atoms with E-state index in [4.69, 9.17) is 17.0 Å². The Morgan fingerprint density at radius 3 is 2.41 bits per heavy atom. The minimum absolute atomic E-state index is 0.134. The van der Waals surface area contributed by atoms with Gasteiger partial charge in [-0.25, -0.2) is 0 Å². The molecule has 0 aliphatic rings. The van der Waals surface area contributed by atoms with Crippen LogP contribution in [0.5, 0.6) is 5.75 Å². The number of thiocarbonyl (C=S) groups is 1. The third-order valence-electron chi connectivity index (χ3n) is 3.42. The van der Waals surface area contributed by atoms with Crippen LogP contribution in [-0.2, 0) is 4.79 Å². The molecule has 0 saturated carbocycles. The van der Waals surface area contributed by atoms with E-state index in [1.807, 2.05) is 13.0 Å². The Kier molecular flexibility index (Phi) is 8.05. The summed E-state index contributed by atoms with van der Waals surface area (Å²) >= 11 is 11.7. The third-order valence-corrected chi connectivity index (χ3v) is 4.68. The second-order valence-electron chi connectivity index (χ2n) is 5.58. The first-order valence-corrected chi connectivity index (χ1v) is 9.90. The highest BCUT2D eigenvalue weighted by Crippen LogP contribution is 2.32. The zero-order valence-corrected chi connectivity index (χ0v) is 18.8. The Morgan fingerprint density at radius 2 is 1.83 bits per heavy atom. The number of rotatable bonds is 5. The molecule has 0 bridgehead atoms. The number of nitro benzene ring substituents is 1. The van der Waals surface area contributed by atoms with Gasteiger partial charge in [-0.05, 0) is 64.9 Å². The van der Waals surface area contributed by atoms with Gasteiger partial charge in [-0.2, -0.15) is 0 Å². The number of hydrogen-bond acceptors (Lipinski definition) is 6. The molecule has 9 nitrogen and oxygen atoms in total. The molecule has 0 atom stereocenters. The van der Waals surface area contributed by atoms with Crippen LogP contribution in [0.25, 0.3) is 0 Å². The summed E-state index contributed by atoms with van der Waals surface area (Å²) in [5.41, 5.74) is 5.53. The minimum atomic E-state index is -0.581. The molecule has 0 aromatic heterocycles. The van der Waals surface area contributed by atoms with Gasteiger partial charge in [0.1, 0.15) is 5.75 Å². The fourth-order valence-corrected chi connectivity index (χ4v) is 3.84. The number of carbonyl (C=O) groups is 2. The van der Waals surface area contributed by atoms with Crippen LogP contribution < -0.4 is 20.9 Å². The molecule has 2 aromatic carbocycles. The number of nitrogens with one attached hydrogen (secondary N) is 3. The van der Waals surface area contributed by atoms with E-state index in [0.29, 0.717) is 10.2 Å². The normalized spacial score (nSPS) is 10.0. The maximum atomic E-state index is 12.0. The number of ether oxygens (including phenoxy) is 1. The lowest BCUT2D eigenvalue weighted by molar-refractivity contribution is -0.384. The summed E-state index contributed by atoms with van der Waals surface area (Å²) in [5, 5.41) is 12.8. The number of hydrazine groups is 1. The predicted octanol–water partition coefficient (Wildman–Crippen LogP) is 3.14. The van der Waals surface area contributed by atoms with Crippen LogP contribution in [0.3, 0.4) is 0 Å². The van der Waals surface area contributed by atoms with Gasteiger partial charge in [-0.15, -0.1) is 0 Å². The lowest BCUT2D eigenvalue weighted by atomic mass is 10.2. The van der Waals surface area contributed by atoms with Gasteiger partial charge in [0, 0.05) is 22.2 Å². The molecule has 0 unspecified atom stereocenters. The monoisotopic (exact) mass is 544 g/mol. The number of nitro groups is 1. The second-order valence-corrected chi connectivity index (χ2v) is 7.76. The van der Waals surface area contributed by atoms with Crippen LogP contribution in [0.15, 0.2) is 45.3 Å². The Balaban J connectivity index is 1.80. The van der Waals surface area contributed by atoms with Crippen molar-refractivity contribution in [2.45, 2.75) is 6.92 Å². The van der Waals surface area contributed by atoms with E-state index in [9.17, 15) is 19.7 Å². The first-order chi connectivity index (χ1) is 13.7. The summed E-state index contributed by atoms with van der Waals surface area (Å²) in [6.45, 7) is 1.54. The maximum absolute atomic E-state index is 12.0. The molecule has 2 aromatic rings. The van der Waals surface area contributed by atoms with Crippen molar-refractivity contribution in [1.29, 1.82) is 0 Å². The number of aryl methyl sites for hydroxylation is 1. The standard InChI is InChI=1S/C17H14Br2N4O5S/c1-9-6-11(18)7-13(19)15(9)28-8-14(24)20-17(29)22-21-16(25)10-2-4-12(5-3-10)23(26)27/h2-7H,8H2,1H3,(H,21,25)(H2,20,22,24,29). The highest BCUT2D eigenvalue weighted by molar-refractivity contribution is 9.11. The molecule has 0 aliphatic carbocycles. The Hall–Kier alpha value is -2.57. The van der Waals surface area contributed by atoms with Gasteiger partial charge >= 0.3 is 0 Å². The lowest BCUT2D eigenvalue weighted by Gasteiger charge is -2.13. The van der Waals surface area contributed by atoms with Crippen molar-refractivity contribution in [1.82, 2.24) is 16.2 Å². The number of carbonyl (C=O) groups excluding carboxylic acids is 2. The molecule has 152 valence electrons. The third kappa shape index (κ3) is 6.76. The number of non-ortho nitro benzene ring substituents is 1. The highest BCUT2D eigenvalue weighted by atomic mass is 79.9. The van der Waals surface area contributed by atoms with Crippen LogP contribution >= 0.6 is 44.1 Å². The van der Waals surface area contributed by atoms with E-state index in [1.54, 1.807) is 6.07 Å².